The van der Waals surface area contributed by atoms with Gasteiger partial charge in [-0.3, -0.25) is 0 Å². The first-order chi connectivity index (χ1) is 10.2. The Labute approximate surface area is 120 Å². The second-order valence-electron chi connectivity index (χ2n) is 4.88. The molecule has 5 heteroatoms. The molecule has 4 rings (SSSR count). The molecule has 0 radical (unpaired) electrons. The quantitative estimate of drug-likeness (QED) is 0.559. The van der Waals surface area contributed by atoms with E-state index in [1.807, 2.05) is 42.6 Å². The lowest BCUT2D eigenvalue weighted by atomic mass is 10.1. The zero-order chi connectivity index (χ0) is 14.4. The van der Waals surface area contributed by atoms with E-state index in [4.69, 9.17) is 11.5 Å². The second kappa shape index (κ2) is 4.21. The molecule has 0 atom stereocenters. The molecular weight excluding hydrogens is 262 g/mol. The zero-order valence-electron chi connectivity index (χ0n) is 11.2. The van der Waals surface area contributed by atoms with Crippen molar-refractivity contribution in [2.24, 2.45) is 0 Å². The van der Waals surface area contributed by atoms with E-state index >= 15 is 0 Å². The third kappa shape index (κ3) is 1.71. The van der Waals surface area contributed by atoms with E-state index in [-0.39, 0.29) is 5.95 Å². The fourth-order valence-corrected chi connectivity index (χ4v) is 2.71. The molecule has 0 fully saturated rings. The summed E-state index contributed by atoms with van der Waals surface area (Å²) in [4.78, 5) is 8.32. The van der Waals surface area contributed by atoms with Crippen molar-refractivity contribution in [1.29, 1.82) is 0 Å². The highest BCUT2D eigenvalue weighted by atomic mass is 15.0. The van der Waals surface area contributed by atoms with Gasteiger partial charge < -0.3 is 16.0 Å². The van der Waals surface area contributed by atoms with E-state index in [2.05, 4.69) is 26.7 Å². The van der Waals surface area contributed by atoms with Gasteiger partial charge in [0.25, 0.3) is 0 Å². The molecule has 5 nitrogen and oxygen atoms in total. The monoisotopic (exact) mass is 275 g/mol. The van der Waals surface area contributed by atoms with Gasteiger partial charge in [0.1, 0.15) is 5.82 Å². The van der Waals surface area contributed by atoms with Gasteiger partial charge >= 0.3 is 0 Å². The number of hydrogen-bond donors (Lipinski definition) is 2. The normalized spacial score (nSPS) is 11.2. The molecule has 2 heterocycles. The van der Waals surface area contributed by atoms with Crippen LogP contribution in [-0.2, 0) is 0 Å². The summed E-state index contributed by atoms with van der Waals surface area (Å²) < 4.78 is 2.12. The standard InChI is InChI=1S/C16H13N5/c17-15-14-11-8-9-21(10-4-2-1-3-5-10)13(11)7-6-12(14)19-16(18)20-15/h1-9H,(H4,17,18,19,20). The number of rotatable bonds is 1. The van der Waals surface area contributed by atoms with Crippen LogP contribution in [0.4, 0.5) is 11.8 Å². The third-order valence-corrected chi connectivity index (χ3v) is 3.61. The van der Waals surface area contributed by atoms with Crippen LogP contribution in [0.15, 0.2) is 54.7 Å². The Balaban J connectivity index is 2.09. The van der Waals surface area contributed by atoms with Gasteiger partial charge in [-0.05, 0) is 30.3 Å². The number of fused-ring (bicyclic) bond motifs is 3. The van der Waals surface area contributed by atoms with Crippen molar-refractivity contribution in [3.05, 3.63) is 54.7 Å². The number of para-hydroxylation sites is 1. The summed E-state index contributed by atoms with van der Waals surface area (Å²) in [6.45, 7) is 0. The van der Waals surface area contributed by atoms with Gasteiger partial charge in [-0.25, -0.2) is 4.98 Å². The molecule has 4 N–H and O–H groups in total. The average Bonchev–Trinajstić information content (AvgIpc) is 2.91. The molecule has 2 aromatic heterocycles. The Morgan fingerprint density at radius 3 is 2.48 bits per heavy atom. The van der Waals surface area contributed by atoms with Crippen molar-refractivity contribution in [3.8, 4) is 5.69 Å². The van der Waals surface area contributed by atoms with Crippen molar-refractivity contribution in [2.75, 3.05) is 11.5 Å². The number of nitrogens with two attached hydrogens (primary N) is 2. The zero-order valence-corrected chi connectivity index (χ0v) is 11.2. The predicted molar refractivity (Wildman–Crippen MR) is 85.2 cm³/mol. The molecule has 0 unspecified atom stereocenters. The Bertz CT molecular complexity index is 957. The van der Waals surface area contributed by atoms with Crippen LogP contribution in [-0.4, -0.2) is 14.5 Å². The van der Waals surface area contributed by atoms with Crippen LogP contribution < -0.4 is 11.5 Å². The molecular formula is C16H13N5. The molecule has 4 aromatic rings. The number of anilines is 2. The van der Waals surface area contributed by atoms with E-state index in [0.717, 1.165) is 27.5 Å². The summed E-state index contributed by atoms with van der Waals surface area (Å²) in [5.41, 5.74) is 14.6. The summed E-state index contributed by atoms with van der Waals surface area (Å²) >= 11 is 0. The van der Waals surface area contributed by atoms with Crippen LogP contribution in [0.25, 0.3) is 27.5 Å². The fourth-order valence-electron chi connectivity index (χ4n) is 2.71. The van der Waals surface area contributed by atoms with Gasteiger partial charge in [-0.2, -0.15) is 4.98 Å². The number of nitrogen functional groups attached to an aromatic ring is 2. The maximum Gasteiger partial charge on any atom is 0.222 e. The van der Waals surface area contributed by atoms with Gasteiger partial charge in [0.2, 0.25) is 5.95 Å². The summed E-state index contributed by atoms with van der Waals surface area (Å²) in [5, 5.41) is 1.87. The minimum absolute atomic E-state index is 0.196. The van der Waals surface area contributed by atoms with Gasteiger partial charge in [-0.15, -0.1) is 0 Å². The number of benzene rings is 2. The Hall–Kier alpha value is -3.08. The first-order valence-electron chi connectivity index (χ1n) is 6.62. The first kappa shape index (κ1) is 11.7. The summed E-state index contributed by atoms with van der Waals surface area (Å²) in [7, 11) is 0. The number of nitrogens with zero attached hydrogens (tertiary/aromatic N) is 3. The minimum atomic E-state index is 0.196. The van der Waals surface area contributed by atoms with Crippen LogP contribution in [0.3, 0.4) is 0 Å². The van der Waals surface area contributed by atoms with E-state index in [0.29, 0.717) is 5.82 Å². The van der Waals surface area contributed by atoms with Crippen LogP contribution in [0, 0.1) is 0 Å². The second-order valence-corrected chi connectivity index (χ2v) is 4.88. The Morgan fingerprint density at radius 1 is 0.857 bits per heavy atom. The van der Waals surface area contributed by atoms with Crippen LogP contribution in [0.5, 0.6) is 0 Å². The van der Waals surface area contributed by atoms with Gasteiger partial charge in [0.15, 0.2) is 0 Å². The molecule has 0 saturated heterocycles. The number of aromatic nitrogens is 3. The molecule has 102 valence electrons. The third-order valence-electron chi connectivity index (χ3n) is 3.61. The van der Waals surface area contributed by atoms with Crippen LogP contribution in [0.1, 0.15) is 0 Å². The largest absolute Gasteiger partial charge is 0.383 e. The van der Waals surface area contributed by atoms with Crippen molar-refractivity contribution in [2.45, 2.75) is 0 Å². The molecule has 21 heavy (non-hydrogen) atoms. The molecule has 0 aliphatic carbocycles. The van der Waals surface area contributed by atoms with E-state index in [1.165, 1.54) is 0 Å². The highest BCUT2D eigenvalue weighted by Gasteiger charge is 2.11. The highest BCUT2D eigenvalue weighted by molar-refractivity contribution is 6.10. The molecule has 0 saturated carbocycles. The van der Waals surface area contributed by atoms with E-state index in [9.17, 15) is 0 Å². The molecule has 0 aliphatic rings. The van der Waals surface area contributed by atoms with Gasteiger partial charge in [0, 0.05) is 17.3 Å². The lowest BCUT2D eigenvalue weighted by molar-refractivity contribution is 1.13. The number of hydrogen-bond acceptors (Lipinski definition) is 4. The summed E-state index contributed by atoms with van der Waals surface area (Å²) in [5.74, 6) is 0.607. The molecule has 0 spiro atoms. The summed E-state index contributed by atoms with van der Waals surface area (Å²) in [6, 6.07) is 16.1. The SMILES string of the molecule is Nc1nc(N)c2c(ccc3c2ccn3-c2ccccc2)n1. The maximum absolute atomic E-state index is 6.03. The van der Waals surface area contributed by atoms with E-state index < -0.39 is 0 Å². The van der Waals surface area contributed by atoms with Crippen molar-refractivity contribution in [3.63, 3.8) is 0 Å². The Morgan fingerprint density at radius 2 is 1.67 bits per heavy atom. The predicted octanol–water partition coefficient (Wildman–Crippen LogP) is 2.74. The maximum atomic E-state index is 6.03. The summed E-state index contributed by atoms with van der Waals surface area (Å²) in [6.07, 6.45) is 2.02. The lowest BCUT2D eigenvalue weighted by Crippen LogP contribution is -2.00. The van der Waals surface area contributed by atoms with Crippen molar-refractivity contribution in [1.82, 2.24) is 14.5 Å². The molecule has 0 aliphatic heterocycles. The van der Waals surface area contributed by atoms with Crippen molar-refractivity contribution >= 4 is 33.6 Å². The first-order valence-corrected chi connectivity index (χ1v) is 6.62. The van der Waals surface area contributed by atoms with Gasteiger partial charge in [0.05, 0.1) is 16.4 Å². The van der Waals surface area contributed by atoms with Gasteiger partial charge in [-0.1, -0.05) is 18.2 Å². The van der Waals surface area contributed by atoms with Crippen molar-refractivity contribution < 1.29 is 0 Å². The lowest BCUT2D eigenvalue weighted by Gasteiger charge is -2.07. The topological polar surface area (TPSA) is 82.7 Å². The fraction of sp³-hybridized carbons (Fsp3) is 0. The average molecular weight is 275 g/mol. The van der Waals surface area contributed by atoms with E-state index in [1.54, 1.807) is 0 Å². The minimum Gasteiger partial charge on any atom is -0.383 e. The Kier molecular flexibility index (Phi) is 2.35. The smallest absolute Gasteiger partial charge is 0.222 e. The molecule has 2 aromatic carbocycles. The highest BCUT2D eigenvalue weighted by Crippen LogP contribution is 2.30. The van der Waals surface area contributed by atoms with Crippen LogP contribution >= 0.6 is 0 Å². The molecule has 0 amide bonds. The molecule has 0 bridgehead atoms. The van der Waals surface area contributed by atoms with Crippen LogP contribution in [0.2, 0.25) is 0 Å².